The molecule has 1 heterocycles. The van der Waals surface area contributed by atoms with Crippen molar-refractivity contribution in [3.05, 3.63) is 65.7 Å². The molecule has 0 radical (unpaired) electrons. The average molecular weight is 481 g/mol. The zero-order valence-electron chi connectivity index (χ0n) is 21.3. The van der Waals surface area contributed by atoms with E-state index in [9.17, 15) is 9.59 Å². The fraction of sp³-hybridized carbons (Fsp3) is 0.481. The number of nitrogens with one attached hydrogen (secondary N) is 1. The van der Waals surface area contributed by atoms with E-state index in [1.54, 1.807) is 0 Å². The summed E-state index contributed by atoms with van der Waals surface area (Å²) in [6.07, 6.45) is 1.28. The van der Waals surface area contributed by atoms with Gasteiger partial charge in [0.15, 0.2) is 0 Å². The van der Waals surface area contributed by atoms with Crippen molar-refractivity contribution in [3.8, 4) is 0 Å². The minimum absolute atomic E-state index is 0.118. The van der Waals surface area contributed by atoms with Gasteiger partial charge in [0.05, 0.1) is 17.8 Å². The molecule has 8 heteroatoms. The van der Waals surface area contributed by atoms with E-state index in [0.717, 1.165) is 29.4 Å². The first kappa shape index (κ1) is 26.8. The topological polar surface area (TPSA) is 83.1 Å². The Morgan fingerprint density at radius 2 is 1.54 bits per heavy atom. The van der Waals surface area contributed by atoms with Crippen molar-refractivity contribution < 1.29 is 28.4 Å². The Bertz CT molecular complexity index is 961. The second-order valence-electron chi connectivity index (χ2n) is 9.81. The Labute approximate surface area is 208 Å². The monoisotopic (exact) mass is 481 g/mol. The Morgan fingerprint density at radius 3 is 2.14 bits per heavy atom. The summed E-state index contributed by atoms with van der Waals surface area (Å²) in [6.45, 7) is 10.5. The third-order valence-electron chi connectivity index (χ3n) is 6.48. The van der Waals surface area contributed by atoms with Crippen LogP contribution in [0.15, 0.2) is 54.6 Å². The predicted octanol–water partition coefficient (Wildman–Crippen LogP) is 4.17. The minimum Gasteiger partial charge on any atom is -0.464 e. The lowest BCUT2D eigenvalue weighted by atomic mass is 9.78. The average Bonchev–Trinajstić information content (AvgIpc) is 3.05. The minimum atomic E-state index is -0.863. The Hall–Kier alpha value is -2.84. The summed E-state index contributed by atoms with van der Waals surface area (Å²) in [7, 11) is -0.463. The molecule has 1 aliphatic heterocycles. The first-order chi connectivity index (χ1) is 16.6. The summed E-state index contributed by atoms with van der Waals surface area (Å²) in [5.41, 5.74) is 1.78. The lowest BCUT2D eigenvalue weighted by Crippen LogP contribution is -2.43. The van der Waals surface area contributed by atoms with Crippen LogP contribution in [0.25, 0.3) is 0 Å². The van der Waals surface area contributed by atoms with E-state index in [2.05, 4.69) is 5.32 Å². The number of carbonyl (C=O) groups excluding carboxylic acids is 2. The van der Waals surface area contributed by atoms with Crippen LogP contribution in [0.3, 0.4) is 0 Å². The van der Waals surface area contributed by atoms with E-state index in [-0.39, 0.29) is 13.0 Å². The summed E-state index contributed by atoms with van der Waals surface area (Å²) >= 11 is 0. The van der Waals surface area contributed by atoms with Crippen molar-refractivity contribution in [1.82, 2.24) is 5.32 Å². The highest BCUT2D eigenvalue weighted by Crippen LogP contribution is 2.36. The molecule has 0 aliphatic carbocycles. The van der Waals surface area contributed by atoms with Crippen LogP contribution in [0.5, 0.6) is 0 Å². The summed E-state index contributed by atoms with van der Waals surface area (Å²) in [5.74, 6) is -0.481. The third-order valence-corrected chi connectivity index (χ3v) is 6.48. The van der Waals surface area contributed by atoms with Gasteiger partial charge in [0.1, 0.15) is 12.6 Å². The van der Waals surface area contributed by atoms with Gasteiger partial charge in [-0.05, 0) is 50.7 Å². The van der Waals surface area contributed by atoms with Crippen LogP contribution in [-0.4, -0.2) is 43.0 Å². The lowest BCUT2D eigenvalue weighted by molar-refractivity contribution is -0.146. The van der Waals surface area contributed by atoms with Crippen LogP contribution in [0.4, 0.5) is 4.79 Å². The number of carbonyl (C=O) groups is 2. The fourth-order valence-corrected chi connectivity index (χ4v) is 3.54. The number of esters is 1. The maximum Gasteiger partial charge on any atom is 0.494 e. The highest BCUT2D eigenvalue weighted by Gasteiger charge is 2.51. The van der Waals surface area contributed by atoms with Crippen LogP contribution >= 0.6 is 0 Å². The largest absolute Gasteiger partial charge is 0.494 e. The number of benzene rings is 2. The first-order valence-corrected chi connectivity index (χ1v) is 12.2. The van der Waals surface area contributed by atoms with Gasteiger partial charge in [-0.15, -0.1) is 0 Å². The molecule has 1 fully saturated rings. The molecule has 7 nitrogen and oxygen atoms in total. The molecule has 3 rings (SSSR count). The highest BCUT2D eigenvalue weighted by atomic mass is 16.7. The number of ether oxygens (including phenoxy) is 2. The van der Waals surface area contributed by atoms with E-state index in [1.807, 2.05) is 89.2 Å². The number of hydrogen-bond donors (Lipinski definition) is 1. The molecule has 1 atom stereocenters. The number of alkyl carbamates (subject to hydrolysis) is 1. The van der Waals surface area contributed by atoms with Gasteiger partial charge in [-0.2, -0.15) is 0 Å². The van der Waals surface area contributed by atoms with Gasteiger partial charge in [-0.25, -0.2) is 9.59 Å². The molecule has 1 unspecified atom stereocenters. The van der Waals surface area contributed by atoms with Gasteiger partial charge in [-0.1, -0.05) is 67.9 Å². The highest BCUT2D eigenvalue weighted by molar-refractivity contribution is 6.62. The van der Waals surface area contributed by atoms with E-state index in [0.29, 0.717) is 6.61 Å². The van der Waals surface area contributed by atoms with Crippen LogP contribution in [0.2, 0.25) is 0 Å². The fourth-order valence-electron chi connectivity index (χ4n) is 3.54. The van der Waals surface area contributed by atoms with E-state index in [1.165, 1.54) is 0 Å². The van der Waals surface area contributed by atoms with Crippen LogP contribution in [0, 0.1) is 0 Å². The van der Waals surface area contributed by atoms with Crippen molar-refractivity contribution in [2.45, 2.75) is 77.7 Å². The van der Waals surface area contributed by atoms with Crippen molar-refractivity contribution in [2.24, 2.45) is 0 Å². The number of amides is 1. The van der Waals surface area contributed by atoms with E-state index < -0.39 is 36.4 Å². The molecule has 1 aliphatic rings. The zero-order chi connectivity index (χ0) is 25.5. The smallest absolute Gasteiger partial charge is 0.464 e. The second kappa shape index (κ2) is 11.7. The van der Waals surface area contributed by atoms with Crippen LogP contribution in [0.1, 0.15) is 58.6 Å². The molecule has 1 saturated heterocycles. The van der Waals surface area contributed by atoms with Gasteiger partial charge in [0.25, 0.3) is 0 Å². The summed E-state index contributed by atoms with van der Waals surface area (Å²) in [5, 5.41) is 2.67. The van der Waals surface area contributed by atoms with Gasteiger partial charge >= 0.3 is 19.2 Å². The maximum absolute atomic E-state index is 12.7. The van der Waals surface area contributed by atoms with Gasteiger partial charge in [-0.3, -0.25) is 0 Å². The van der Waals surface area contributed by atoms with Crippen molar-refractivity contribution >= 4 is 24.6 Å². The Kier molecular flexibility index (Phi) is 8.97. The van der Waals surface area contributed by atoms with Crippen molar-refractivity contribution in [1.29, 1.82) is 0 Å². The molecule has 2 aromatic carbocycles. The number of rotatable bonds is 10. The molecule has 1 amide bonds. The SMILES string of the molecule is CCCCOC(=O)C(Cc1ccc(B2OC(C)(C)C(C)(C)O2)cc1)NC(=O)OCc1ccccc1. The van der Waals surface area contributed by atoms with Crippen molar-refractivity contribution in [3.63, 3.8) is 0 Å². The third kappa shape index (κ3) is 7.32. The zero-order valence-corrected chi connectivity index (χ0v) is 21.3. The van der Waals surface area contributed by atoms with E-state index in [4.69, 9.17) is 18.8 Å². The molecule has 188 valence electrons. The second-order valence-corrected chi connectivity index (χ2v) is 9.81. The summed E-state index contributed by atoms with van der Waals surface area (Å²) in [4.78, 5) is 25.1. The normalized spacial score (nSPS) is 17.0. The maximum atomic E-state index is 12.7. The lowest BCUT2D eigenvalue weighted by Gasteiger charge is -2.32. The molecule has 0 spiro atoms. The quantitative estimate of drug-likeness (QED) is 0.312. The Balaban J connectivity index is 1.64. The Morgan fingerprint density at radius 1 is 0.914 bits per heavy atom. The number of hydrogen-bond acceptors (Lipinski definition) is 6. The van der Waals surface area contributed by atoms with Gasteiger partial charge in [0, 0.05) is 6.42 Å². The summed E-state index contributed by atoms with van der Waals surface area (Å²) in [6, 6.07) is 16.2. The van der Waals surface area contributed by atoms with Crippen LogP contribution in [-0.2, 0) is 36.6 Å². The van der Waals surface area contributed by atoms with Crippen LogP contribution < -0.4 is 10.8 Å². The predicted molar refractivity (Wildman–Crippen MR) is 135 cm³/mol. The molecular formula is C27H36BNO6. The van der Waals surface area contributed by atoms with E-state index >= 15 is 0 Å². The van der Waals surface area contributed by atoms with Gasteiger partial charge < -0.3 is 24.1 Å². The summed E-state index contributed by atoms with van der Waals surface area (Å²) < 4.78 is 22.9. The molecular weight excluding hydrogens is 445 g/mol. The van der Waals surface area contributed by atoms with Gasteiger partial charge in [0.2, 0.25) is 0 Å². The standard InChI is InChI=1S/C27H36BNO6/c1-6-7-17-32-24(30)23(29-25(31)33-19-21-11-9-8-10-12-21)18-20-13-15-22(16-14-20)28-34-26(2,3)27(4,5)35-28/h8-16,23H,6-7,17-19H2,1-5H3,(H,29,31). The van der Waals surface area contributed by atoms with Crippen molar-refractivity contribution in [2.75, 3.05) is 6.61 Å². The molecule has 0 aromatic heterocycles. The molecule has 35 heavy (non-hydrogen) atoms. The number of unbranched alkanes of at least 4 members (excludes halogenated alkanes) is 1. The molecule has 0 bridgehead atoms. The molecule has 1 N–H and O–H groups in total. The molecule has 2 aromatic rings. The molecule has 0 saturated carbocycles. The first-order valence-electron chi connectivity index (χ1n) is 12.2.